The molecule has 1 atom stereocenters. The number of rotatable bonds is 4. The normalized spacial score (nSPS) is 14.7. The lowest BCUT2D eigenvalue weighted by Gasteiger charge is -2.11. The van der Waals surface area contributed by atoms with E-state index in [0.29, 0.717) is 33.9 Å². The number of benzene rings is 3. The van der Waals surface area contributed by atoms with Crippen molar-refractivity contribution < 1.29 is 18.6 Å². The summed E-state index contributed by atoms with van der Waals surface area (Å²) >= 11 is 5.30. The van der Waals surface area contributed by atoms with Crippen molar-refractivity contribution in [2.24, 2.45) is 0 Å². The summed E-state index contributed by atoms with van der Waals surface area (Å²) < 4.78 is 11.4. The maximum atomic E-state index is 12.5. The maximum absolute atomic E-state index is 12.5. The maximum Gasteiger partial charge on any atom is 0.343 e. The summed E-state index contributed by atoms with van der Waals surface area (Å²) in [6, 6.07) is 16.7. The summed E-state index contributed by atoms with van der Waals surface area (Å²) in [5.41, 5.74) is 3.75. The van der Waals surface area contributed by atoms with Gasteiger partial charge in [-0.25, -0.2) is 4.79 Å². The van der Waals surface area contributed by atoms with Gasteiger partial charge in [0.1, 0.15) is 11.5 Å². The average molecular weight is 425 g/mol. The summed E-state index contributed by atoms with van der Waals surface area (Å²) in [5.74, 6) is 1.09. The minimum absolute atomic E-state index is 0.00344. The first kappa shape index (κ1) is 19.2. The van der Waals surface area contributed by atoms with Crippen molar-refractivity contribution in [3.05, 3.63) is 87.5 Å². The number of esters is 1. The van der Waals surface area contributed by atoms with Crippen LogP contribution >= 0.6 is 0 Å². The average Bonchev–Trinajstić information content (AvgIpc) is 3.08. The fourth-order valence-electron chi connectivity index (χ4n) is 3.01. The molecule has 1 unspecified atom stereocenters. The summed E-state index contributed by atoms with van der Waals surface area (Å²) in [6.07, 6.45) is 0. The molecule has 3 aromatic rings. The summed E-state index contributed by atoms with van der Waals surface area (Å²) in [7, 11) is -0.690. The van der Waals surface area contributed by atoms with Gasteiger partial charge in [-0.05, 0) is 60.1 Å². The van der Waals surface area contributed by atoms with Crippen molar-refractivity contribution in [3.8, 4) is 22.6 Å². The van der Waals surface area contributed by atoms with Gasteiger partial charge in [0.05, 0.1) is 26.0 Å². The second-order valence-corrected chi connectivity index (χ2v) is 8.73. The Balaban J connectivity index is 1.71. The summed E-state index contributed by atoms with van der Waals surface area (Å²) in [5, 5.41) is 10.9. The van der Waals surface area contributed by atoms with Gasteiger partial charge in [-0.1, -0.05) is 17.7 Å². The highest BCUT2D eigenvalue weighted by atomic mass is 32.8. The number of carbonyl (C=O) groups excluding carboxylic acids is 1. The van der Waals surface area contributed by atoms with Gasteiger partial charge in [-0.15, -0.1) is 0 Å². The molecule has 0 amide bonds. The molecule has 6 nitrogen and oxygen atoms in total. The van der Waals surface area contributed by atoms with E-state index in [4.69, 9.17) is 20.1 Å². The number of hydrogen-bond acceptors (Lipinski definition) is 6. The largest absolute Gasteiger partial charge is 0.423 e. The van der Waals surface area contributed by atoms with E-state index in [-0.39, 0.29) is 5.69 Å². The van der Waals surface area contributed by atoms with Crippen LogP contribution in [0.4, 0.5) is 5.69 Å². The number of nitro benzene ring substituents is 1. The van der Waals surface area contributed by atoms with Crippen LogP contribution in [0.5, 0.6) is 11.5 Å². The van der Waals surface area contributed by atoms with Gasteiger partial charge in [-0.3, -0.25) is 10.1 Å². The van der Waals surface area contributed by atoms with Gasteiger partial charge in [0.2, 0.25) is 0 Å². The predicted molar refractivity (Wildman–Crippen MR) is 114 cm³/mol. The van der Waals surface area contributed by atoms with E-state index in [9.17, 15) is 14.9 Å². The van der Waals surface area contributed by atoms with Crippen molar-refractivity contribution in [2.75, 3.05) is 0 Å². The van der Waals surface area contributed by atoms with Gasteiger partial charge >= 0.3 is 5.97 Å². The Labute approximate surface area is 174 Å². The molecule has 146 valence electrons. The topological polar surface area (TPSA) is 78.7 Å². The highest BCUT2D eigenvalue weighted by Crippen LogP contribution is 2.42. The van der Waals surface area contributed by atoms with Crippen LogP contribution in [-0.4, -0.2) is 10.9 Å². The van der Waals surface area contributed by atoms with E-state index in [0.717, 1.165) is 11.1 Å². The number of nitrogens with zero attached hydrogens (tertiary/aromatic N) is 1. The van der Waals surface area contributed by atoms with Gasteiger partial charge in [0, 0.05) is 23.3 Å². The Hall–Kier alpha value is -3.10. The van der Waals surface area contributed by atoms with Crippen LogP contribution < -0.4 is 8.92 Å². The lowest BCUT2D eigenvalue weighted by molar-refractivity contribution is -0.384. The minimum Gasteiger partial charge on any atom is -0.423 e. The molecule has 0 saturated heterocycles. The first-order valence-electron chi connectivity index (χ1n) is 8.68. The fourth-order valence-corrected chi connectivity index (χ4v) is 4.50. The van der Waals surface area contributed by atoms with E-state index in [1.54, 1.807) is 36.4 Å². The zero-order chi connectivity index (χ0) is 20.5. The highest BCUT2D eigenvalue weighted by Gasteiger charge is 2.24. The summed E-state index contributed by atoms with van der Waals surface area (Å²) in [4.78, 5) is 23.0. The number of nitro groups is 1. The van der Waals surface area contributed by atoms with Gasteiger partial charge in [0.25, 0.3) is 5.69 Å². The molecule has 0 aliphatic carbocycles. The number of ether oxygens (including phenoxy) is 1. The van der Waals surface area contributed by atoms with E-state index in [2.05, 4.69) is 0 Å². The number of fused-ring (bicyclic) bond motifs is 1. The molecule has 1 aliphatic heterocycles. The van der Waals surface area contributed by atoms with Crippen LogP contribution in [-0.2, 0) is 26.7 Å². The van der Waals surface area contributed by atoms with Crippen LogP contribution in [0.1, 0.15) is 21.5 Å². The Kier molecular flexibility index (Phi) is 5.12. The molecule has 8 heteroatoms. The lowest BCUT2D eigenvalue weighted by Crippen LogP contribution is -2.08. The van der Waals surface area contributed by atoms with Gasteiger partial charge in [0.15, 0.2) is 0 Å². The zero-order valence-corrected chi connectivity index (χ0v) is 16.9. The van der Waals surface area contributed by atoms with Crippen molar-refractivity contribution in [1.82, 2.24) is 0 Å². The molecule has 0 fully saturated rings. The minimum atomic E-state index is -0.690. The molecule has 3 aromatic carbocycles. The Bertz CT molecular complexity index is 1140. The third kappa shape index (κ3) is 4.03. The van der Waals surface area contributed by atoms with Crippen molar-refractivity contribution in [2.45, 2.75) is 12.7 Å². The van der Waals surface area contributed by atoms with Crippen LogP contribution in [0.25, 0.3) is 11.1 Å². The van der Waals surface area contributed by atoms with Gasteiger partial charge in [-0.2, -0.15) is 0 Å². The van der Waals surface area contributed by atoms with Crippen LogP contribution in [0.2, 0.25) is 0 Å². The van der Waals surface area contributed by atoms with Crippen molar-refractivity contribution >= 4 is 32.6 Å². The second kappa shape index (κ2) is 7.73. The van der Waals surface area contributed by atoms with Crippen LogP contribution in [0.15, 0.2) is 60.7 Å². The van der Waals surface area contributed by atoms with Crippen LogP contribution in [0.3, 0.4) is 0 Å². The van der Waals surface area contributed by atoms with Crippen molar-refractivity contribution in [3.63, 3.8) is 0 Å². The molecule has 29 heavy (non-hydrogen) atoms. The molecule has 1 heterocycles. The standard InChI is InChI=1S/C21H15NO5S2/c1-13-2-4-15(5-3-13)21(23)26-18-10-16-12-29(28)27-20(16)19(11-18)14-6-8-17(9-7-14)22(24)25/h2-11H,12H2,1H3. The second-order valence-electron chi connectivity index (χ2n) is 6.55. The first-order valence-corrected chi connectivity index (χ1v) is 10.9. The number of carbonyl (C=O) groups is 1. The number of aryl methyl sites for hydroxylation is 1. The molecular weight excluding hydrogens is 410 g/mol. The number of hydrogen-bond donors (Lipinski definition) is 0. The van der Waals surface area contributed by atoms with Crippen LogP contribution in [0, 0.1) is 17.0 Å². The lowest BCUT2D eigenvalue weighted by atomic mass is 10.0. The van der Waals surface area contributed by atoms with Gasteiger partial charge < -0.3 is 8.92 Å². The van der Waals surface area contributed by atoms with Crippen molar-refractivity contribution in [1.29, 1.82) is 0 Å². The Morgan fingerprint density at radius 2 is 1.83 bits per heavy atom. The Morgan fingerprint density at radius 3 is 2.48 bits per heavy atom. The van der Waals surface area contributed by atoms with E-state index < -0.39 is 20.6 Å². The molecular formula is C21H15NO5S2. The quantitative estimate of drug-likeness (QED) is 0.261. The smallest absolute Gasteiger partial charge is 0.343 e. The first-order chi connectivity index (χ1) is 13.9. The Morgan fingerprint density at radius 1 is 1.14 bits per heavy atom. The summed E-state index contributed by atoms with van der Waals surface area (Å²) in [6.45, 7) is 1.94. The third-order valence-electron chi connectivity index (χ3n) is 4.48. The molecule has 0 saturated carbocycles. The SMILES string of the molecule is Cc1ccc(C(=O)Oc2cc3c(c(-c4ccc([N+](=O)[O-])cc4)c2)OS(=S)C3)cc1. The molecule has 0 radical (unpaired) electrons. The highest BCUT2D eigenvalue weighted by molar-refractivity contribution is 8.26. The molecule has 0 N–H and O–H groups in total. The van der Waals surface area contributed by atoms with E-state index in [1.807, 2.05) is 19.1 Å². The monoisotopic (exact) mass is 425 g/mol. The van der Waals surface area contributed by atoms with E-state index >= 15 is 0 Å². The molecule has 1 aliphatic rings. The molecule has 0 spiro atoms. The van der Waals surface area contributed by atoms with E-state index in [1.165, 1.54) is 12.1 Å². The zero-order valence-electron chi connectivity index (χ0n) is 15.3. The molecule has 0 bridgehead atoms. The third-order valence-corrected chi connectivity index (χ3v) is 5.93. The fraction of sp³-hybridized carbons (Fsp3) is 0.0952. The molecule has 0 aromatic heterocycles. The molecule has 4 rings (SSSR count). The number of non-ortho nitro benzene ring substituents is 1. The predicted octanol–water partition coefficient (Wildman–Crippen LogP) is 4.68.